The van der Waals surface area contributed by atoms with Crippen molar-refractivity contribution < 1.29 is 17.9 Å². The minimum Gasteiger partial charge on any atom is -0.496 e. The molecule has 1 amide bonds. The van der Waals surface area contributed by atoms with Gasteiger partial charge in [-0.1, -0.05) is 11.6 Å². The van der Waals surface area contributed by atoms with Gasteiger partial charge in [0.05, 0.1) is 29.1 Å². The highest BCUT2D eigenvalue weighted by atomic mass is 35.5. The zero-order valence-corrected chi connectivity index (χ0v) is 13.7. The van der Waals surface area contributed by atoms with Crippen LogP contribution in [0.4, 0.5) is 5.69 Å². The highest BCUT2D eigenvalue weighted by molar-refractivity contribution is 7.89. The molecule has 2 rings (SSSR count). The first-order valence-corrected chi connectivity index (χ1v) is 8.73. The van der Waals surface area contributed by atoms with E-state index in [4.69, 9.17) is 22.1 Å². The molecule has 1 aliphatic heterocycles. The molecular weight excluding hydrogens is 330 g/mol. The van der Waals surface area contributed by atoms with Crippen molar-refractivity contribution >= 4 is 33.2 Å². The number of anilines is 1. The number of benzene rings is 1. The van der Waals surface area contributed by atoms with Gasteiger partial charge in [-0.3, -0.25) is 4.79 Å². The lowest BCUT2D eigenvalue weighted by molar-refractivity contribution is 0.0949. The Balaban J connectivity index is 1.99. The Morgan fingerprint density at radius 3 is 2.82 bits per heavy atom. The van der Waals surface area contributed by atoms with Crippen LogP contribution in [0.25, 0.3) is 0 Å². The van der Waals surface area contributed by atoms with Gasteiger partial charge in [0.15, 0.2) is 0 Å². The summed E-state index contributed by atoms with van der Waals surface area (Å²) in [6.07, 6.45) is 0.623. The molecule has 0 radical (unpaired) electrons. The molecule has 0 saturated carbocycles. The smallest absolute Gasteiger partial charge is 0.255 e. The molecule has 1 heterocycles. The molecule has 0 aromatic heterocycles. The predicted octanol–water partition coefficient (Wildman–Crippen LogP) is 0.696. The summed E-state index contributed by atoms with van der Waals surface area (Å²) in [7, 11) is -1.73. The number of carbonyl (C=O) groups is 1. The molecule has 1 aliphatic rings. The zero-order chi connectivity index (χ0) is 16.3. The second-order valence-electron chi connectivity index (χ2n) is 4.90. The van der Waals surface area contributed by atoms with Crippen LogP contribution in [0, 0.1) is 0 Å². The minimum atomic E-state index is -3.16. The van der Waals surface area contributed by atoms with E-state index in [0.717, 1.165) is 0 Å². The molecule has 0 bridgehead atoms. The fraction of sp³-hybridized carbons (Fsp3) is 0.462. The van der Waals surface area contributed by atoms with E-state index in [1.54, 1.807) is 0 Å². The van der Waals surface area contributed by atoms with Crippen LogP contribution in [0.3, 0.4) is 0 Å². The summed E-state index contributed by atoms with van der Waals surface area (Å²) in [5.74, 6) is 0.0889. The first-order valence-electron chi connectivity index (χ1n) is 6.74. The molecule has 9 heteroatoms. The van der Waals surface area contributed by atoms with Gasteiger partial charge in [-0.2, -0.15) is 0 Å². The van der Waals surface area contributed by atoms with Crippen LogP contribution in [0.2, 0.25) is 5.02 Å². The van der Waals surface area contributed by atoms with Crippen molar-refractivity contribution in [1.82, 2.24) is 9.62 Å². The largest absolute Gasteiger partial charge is 0.496 e. The number of nitrogens with zero attached hydrogens (tertiary/aromatic N) is 1. The van der Waals surface area contributed by atoms with Crippen molar-refractivity contribution in [3.8, 4) is 5.75 Å². The first kappa shape index (κ1) is 16.9. The second-order valence-corrected chi connectivity index (χ2v) is 7.39. The summed E-state index contributed by atoms with van der Waals surface area (Å²) in [5, 5.41) is 2.92. The van der Waals surface area contributed by atoms with Crippen molar-refractivity contribution in [3.05, 3.63) is 22.7 Å². The van der Waals surface area contributed by atoms with Gasteiger partial charge in [-0.05, 0) is 12.5 Å². The summed E-state index contributed by atoms with van der Waals surface area (Å²) in [6.45, 7) is 0.956. The standard InChI is InChI=1S/C13H18ClN3O4S/c1-21-12-8-11(15)10(14)7-9(12)13(18)16-3-5-17-4-2-6-22(17,19)20/h7-8H,2-6,15H2,1H3,(H,16,18). The maximum atomic E-state index is 12.2. The molecule has 122 valence electrons. The van der Waals surface area contributed by atoms with Crippen LogP contribution in [0.1, 0.15) is 16.8 Å². The molecule has 0 atom stereocenters. The average Bonchev–Trinajstić information content (AvgIpc) is 2.80. The number of carbonyl (C=O) groups excluding carboxylic acids is 1. The number of halogens is 1. The topological polar surface area (TPSA) is 102 Å². The molecule has 3 N–H and O–H groups in total. The van der Waals surface area contributed by atoms with Crippen LogP contribution < -0.4 is 15.8 Å². The van der Waals surface area contributed by atoms with Crippen molar-refractivity contribution in [2.45, 2.75) is 6.42 Å². The van der Waals surface area contributed by atoms with E-state index in [-0.39, 0.29) is 29.4 Å². The lowest BCUT2D eigenvalue weighted by atomic mass is 10.1. The van der Waals surface area contributed by atoms with Crippen LogP contribution in [0.5, 0.6) is 5.75 Å². The number of hydrogen-bond acceptors (Lipinski definition) is 5. The number of ether oxygens (including phenoxy) is 1. The van der Waals surface area contributed by atoms with E-state index in [1.807, 2.05) is 0 Å². The Kier molecular flexibility index (Phi) is 5.15. The third-order valence-corrected chi connectivity index (χ3v) is 5.70. The van der Waals surface area contributed by atoms with E-state index in [9.17, 15) is 13.2 Å². The number of sulfonamides is 1. The maximum absolute atomic E-state index is 12.2. The molecule has 1 aromatic rings. The fourth-order valence-electron chi connectivity index (χ4n) is 2.25. The second kappa shape index (κ2) is 6.72. The minimum absolute atomic E-state index is 0.169. The fourth-order valence-corrected chi connectivity index (χ4v) is 3.94. The molecule has 22 heavy (non-hydrogen) atoms. The number of amides is 1. The van der Waals surface area contributed by atoms with Crippen molar-refractivity contribution in [2.24, 2.45) is 0 Å². The molecule has 7 nitrogen and oxygen atoms in total. The molecule has 1 aromatic carbocycles. The van der Waals surface area contributed by atoms with Crippen molar-refractivity contribution in [3.63, 3.8) is 0 Å². The molecular formula is C13H18ClN3O4S. The Morgan fingerprint density at radius 2 is 2.23 bits per heavy atom. The monoisotopic (exact) mass is 347 g/mol. The number of hydrogen-bond donors (Lipinski definition) is 2. The number of methoxy groups -OCH3 is 1. The SMILES string of the molecule is COc1cc(N)c(Cl)cc1C(=O)NCCN1CCCS1(=O)=O. The molecule has 0 aliphatic carbocycles. The van der Waals surface area contributed by atoms with Crippen LogP contribution in [0.15, 0.2) is 12.1 Å². The average molecular weight is 348 g/mol. The summed E-state index contributed by atoms with van der Waals surface area (Å²) in [5.41, 5.74) is 6.23. The number of rotatable bonds is 5. The summed E-state index contributed by atoms with van der Waals surface area (Å²) >= 11 is 5.91. The lowest BCUT2D eigenvalue weighted by Crippen LogP contribution is -2.36. The van der Waals surface area contributed by atoms with Crippen LogP contribution in [-0.4, -0.2) is 51.1 Å². The van der Waals surface area contributed by atoms with Crippen molar-refractivity contribution in [2.75, 3.05) is 38.2 Å². The third-order valence-electron chi connectivity index (χ3n) is 3.41. The van der Waals surface area contributed by atoms with Crippen LogP contribution in [-0.2, 0) is 10.0 Å². The number of nitrogens with two attached hydrogens (primary N) is 1. The predicted molar refractivity (Wildman–Crippen MR) is 84.7 cm³/mol. The van der Waals surface area contributed by atoms with Crippen molar-refractivity contribution in [1.29, 1.82) is 0 Å². The van der Waals surface area contributed by atoms with Gasteiger partial charge in [0.1, 0.15) is 5.75 Å². The first-order chi connectivity index (χ1) is 10.3. The molecule has 0 unspecified atom stereocenters. The van der Waals surface area contributed by atoms with E-state index < -0.39 is 15.9 Å². The van der Waals surface area contributed by atoms with Gasteiger partial charge >= 0.3 is 0 Å². The van der Waals surface area contributed by atoms with Gasteiger partial charge in [0.2, 0.25) is 10.0 Å². The van der Waals surface area contributed by atoms with E-state index in [2.05, 4.69) is 5.32 Å². The van der Waals surface area contributed by atoms with Gasteiger partial charge in [-0.25, -0.2) is 12.7 Å². The third kappa shape index (κ3) is 3.63. The molecule has 0 spiro atoms. The molecule has 1 fully saturated rings. The Bertz CT molecular complexity index is 678. The Morgan fingerprint density at radius 1 is 1.50 bits per heavy atom. The highest BCUT2D eigenvalue weighted by Crippen LogP contribution is 2.28. The zero-order valence-electron chi connectivity index (χ0n) is 12.1. The maximum Gasteiger partial charge on any atom is 0.255 e. The summed E-state index contributed by atoms with van der Waals surface area (Å²) in [6, 6.07) is 2.90. The Hall–Kier alpha value is -1.51. The van der Waals surface area contributed by atoms with E-state index in [1.165, 1.54) is 23.5 Å². The molecule has 1 saturated heterocycles. The lowest BCUT2D eigenvalue weighted by Gasteiger charge is -2.15. The number of nitrogens with one attached hydrogen (secondary N) is 1. The Labute approximate surface area is 134 Å². The number of nitrogen functional groups attached to an aromatic ring is 1. The highest BCUT2D eigenvalue weighted by Gasteiger charge is 2.27. The van der Waals surface area contributed by atoms with Gasteiger partial charge < -0.3 is 15.8 Å². The van der Waals surface area contributed by atoms with Gasteiger partial charge in [0.25, 0.3) is 5.91 Å². The van der Waals surface area contributed by atoms with E-state index in [0.29, 0.717) is 24.4 Å². The summed E-state index contributed by atoms with van der Waals surface area (Å²) in [4.78, 5) is 12.2. The summed E-state index contributed by atoms with van der Waals surface area (Å²) < 4.78 is 29.8. The van der Waals surface area contributed by atoms with E-state index >= 15 is 0 Å². The van der Waals surface area contributed by atoms with Gasteiger partial charge in [0, 0.05) is 25.7 Å². The quantitative estimate of drug-likeness (QED) is 0.763. The van der Waals surface area contributed by atoms with Crippen LogP contribution >= 0.6 is 11.6 Å². The van der Waals surface area contributed by atoms with Gasteiger partial charge in [-0.15, -0.1) is 0 Å². The normalized spacial score (nSPS) is 17.4.